The molecule has 29 heavy (non-hydrogen) atoms. The molecule has 0 bridgehead atoms. The molecule has 3 rings (SSSR count). The maximum atomic E-state index is 12.2. The molecule has 2 aromatic carbocycles. The molecule has 1 amide bonds. The molecule has 152 valence electrons. The highest BCUT2D eigenvalue weighted by Gasteiger charge is 2.13. The summed E-state index contributed by atoms with van der Waals surface area (Å²) in [7, 11) is 2.06. The number of para-hydroxylation sites is 1. The van der Waals surface area contributed by atoms with Gasteiger partial charge in [-0.2, -0.15) is 4.68 Å². The van der Waals surface area contributed by atoms with Crippen LogP contribution in [0, 0.1) is 13.8 Å². The van der Waals surface area contributed by atoms with Crippen LogP contribution in [0.5, 0.6) is 0 Å². The molecular formula is C21H26N6OS. The third kappa shape index (κ3) is 5.80. The van der Waals surface area contributed by atoms with E-state index in [-0.39, 0.29) is 11.7 Å². The van der Waals surface area contributed by atoms with Gasteiger partial charge in [-0.3, -0.25) is 4.79 Å². The predicted molar refractivity (Wildman–Crippen MR) is 117 cm³/mol. The van der Waals surface area contributed by atoms with Crippen LogP contribution in [0.15, 0.2) is 53.7 Å². The number of rotatable bonds is 9. The lowest BCUT2D eigenvalue weighted by atomic mass is 10.1. The number of tetrazole rings is 1. The summed E-state index contributed by atoms with van der Waals surface area (Å²) >= 11 is 1.34. The average Bonchev–Trinajstić information content (AvgIpc) is 3.20. The molecule has 0 saturated heterocycles. The van der Waals surface area contributed by atoms with Gasteiger partial charge in [0.1, 0.15) is 0 Å². The van der Waals surface area contributed by atoms with Gasteiger partial charge in [0, 0.05) is 25.8 Å². The molecule has 7 nitrogen and oxygen atoms in total. The van der Waals surface area contributed by atoms with Crippen LogP contribution in [0.4, 0.5) is 5.69 Å². The Morgan fingerprint density at radius 3 is 2.76 bits per heavy atom. The van der Waals surface area contributed by atoms with Gasteiger partial charge in [0.2, 0.25) is 11.1 Å². The van der Waals surface area contributed by atoms with Crippen molar-refractivity contribution in [1.29, 1.82) is 0 Å². The van der Waals surface area contributed by atoms with E-state index in [0.717, 1.165) is 29.8 Å². The first-order valence-electron chi connectivity index (χ1n) is 9.56. The summed E-state index contributed by atoms with van der Waals surface area (Å²) in [4.78, 5) is 14.4. The Bertz CT molecular complexity index is 943. The third-order valence-corrected chi connectivity index (χ3v) is 5.47. The third-order valence-electron chi connectivity index (χ3n) is 4.56. The van der Waals surface area contributed by atoms with Crippen molar-refractivity contribution in [2.45, 2.75) is 25.4 Å². The largest absolute Gasteiger partial charge is 0.375 e. The van der Waals surface area contributed by atoms with Gasteiger partial charge in [-0.05, 0) is 60.0 Å². The zero-order valence-electron chi connectivity index (χ0n) is 17.0. The number of hydrogen-bond donors (Lipinski definition) is 1. The predicted octanol–water partition coefficient (Wildman–Crippen LogP) is 3.01. The standard InChI is InChI=1S/C21H26N6OS/c1-16-10-11-17(2)19(14-16)27-21(23-24-25-27)29-15-20(28)22-12-7-13-26(3)18-8-5-4-6-9-18/h4-6,8-11,14H,7,12-13,15H2,1-3H3,(H,22,28). The van der Waals surface area contributed by atoms with Crippen LogP contribution in [-0.4, -0.2) is 52.0 Å². The number of nitrogens with one attached hydrogen (secondary N) is 1. The summed E-state index contributed by atoms with van der Waals surface area (Å²) in [6.07, 6.45) is 0.877. The number of aryl methyl sites for hydroxylation is 2. The Kier molecular flexibility index (Phi) is 7.24. The second-order valence-corrected chi connectivity index (χ2v) is 7.85. The van der Waals surface area contributed by atoms with Crippen molar-refractivity contribution in [3.05, 3.63) is 59.7 Å². The summed E-state index contributed by atoms with van der Waals surface area (Å²) in [6, 6.07) is 16.3. The lowest BCUT2D eigenvalue weighted by Crippen LogP contribution is -2.29. The van der Waals surface area contributed by atoms with Crippen molar-refractivity contribution >= 4 is 23.4 Å². The minimum absolute atomic E-state index is 0.0205. The molecule has 0 unspecified atom stereocenters. The van der Waals surface area contributed by atoms with E-state index in [1.807, 2.05) is 44.2 Å². The van der Waals surface area contributed by atoms with E-state index in [0.29, 0.717) is 11.7 Å². The molecule has 0 saturated carbocycles. The second kappa shape index (κ2) is 10.1. The van der Waals surface area contributed by atoms with E-state index < -0.39 is 0 Å². The maximum absolute atomic E-state index is 12.2. The molecule has 1 aromatic heterocycles. The Balaban J connectivity index is 1.45. The van der Waals surface area contributed by atoms with Gasteiger partial charge in [-0.25, -0.2) is 0 Å². The molecule has 0 atom stereocenters. The lowest BCUT2D eigenvalue weighted by Gasteiger charge is -2.19. The smallest absolute Gasteiger partial charge is 0.230 e. The van der Waals surface area contributed by atoms with Crippen LogP contribution in [0.2, 0.25) is 0 Å². The van der Waals surface area contributed by atoms with Crippen molar-refractivity contribution in [2.24, 2.45) is 0 Å². The molecular weight excluding hydrogens is 384 g/mol. The number of amides is 1. The Hall–Kier alpha value is -2.87. The first-order chi connectivity index (χ1) is 14.0. The van der Waals surface area contributed by atoms with Gasteiger partial charge in [0.15, 0.2) is 0 Å². The van der Waals surface area contributed by atoms with E-state index >= 15 is 0 Å². The Morgan fingerprint density at radius 2 is 1.97 bits per heavy atom. The molecule has 8 heteroatoms. The summed E-state index contributed by atoms with van der Waals surface area (Å²) in [6.45, 7) is 5.56. The number of aromatic nitrogens is 4. The van der Waals surface area contributed by atoms with E-state index in [1.165, 1.54) is 17.4 Å². The molecule has 0 aliphatic rings. The van der Waals surface area contributed by atoms with Crippen LogP contribution in [0.1, 0.15) is 17.5 Å². The Labute approximate surface area is 175 Å². The number of nitrogens with zero attached hydrogens (tertiary/aromatic N) is 5. The topological polar surface area (TPSA) is 75.9 Å². The summed E-state index contributed by atoms with van der Waals surface area (Å²) in [5, 5.41) is 15.5. The normalized spacial score (nSPS) is 10.7. The SMILES string of the molecule is Cc1ccc(C)c(-n2nnnc2SCC(=O)NCCCN(C)c2ccccc2)c1. The second-order valence-electron chi connectivity index (χ2n) is 6.91. The van der Waals surface area contributed by atoms with Crippen molar-refractivity contribution in [3.63, 3.8) is 0 Å². The number of thioether (sulfide) groups is 1. The highest BCUT2D eigenvalue weighted by atomic mass is 32.2. The highest BCUT2D eigenvalue weighted by Crippen LogP contribution is 2.21. The average molecular weight is 411 g/mol. The van der Waals surface area contributed by atoms with Crippen LogP contribution in [0.3, 0.4) is 0 Å². The zero-order valence-corrected chi connectivity index (χ0v) is 17.8. The summed E-state index contributed by atoms with van der Waals surface area (Å²) < 4.78 is 1.69. The molecule has 1 heterocycles. The molecule has 0 radical (unpaired) electrons. The molecule has 0 spiro atoms. The summed E-state index contributed by atoms with van der Waals surface area (Å²) in [5.74, 6) is 0.257. The number of hydrogen-bond acceptors (Lipinski definition) is 6. The van der Waals surface area contributed by atoms with E-state index in [9.17, 15) is 4.79 Å². The quantitative estimate of drug-likeness (QED) is 0.432. The molecule has 0 aliphatic heterocycles. The van der Waals surface area contributed by atoms with Crippen LogP contribution in [-0.2, 0) is 4.79 Å². The molecule has 1 N–H and O–H groups in total. The van der Waals surface area contributed by atoms with E-state index in [2.05, 4.69) is 51.0 Å². The fourth-order valence-electron chi connectivity index (χ4n) is 2.90. The highest BCUT2D eigenvalue weighted by molar-refractivity contribution is 7.99. The van der Waals surface area contributed by atoms with Gasteiger partial charge < -0.3 is 10.2 Å². The first kappa shape index (κ1) is 20.9. The minimum atomic E-state index is -0.0205. The molecule has 0 aliphatic carbocycles. The maximum Gasteiger partial charge on any atom is 0.230 e. The fraction of sp³-hybridized carbons (Fsp3) is 0.333. The van der Waals surface area contributed by atoms with Crippen molar-refractivity contribution in [1.82, 2.24) is 25.5 Å². The van der Waals surface area contributed by atoms with Gasteiger partial charge in [0.25, 0.3) is 0 Å². The number of benzene rings is 2. The van der Waals surface area contributed by atoms with Gasteiger partial charge in [-0.1, -0.05) is 42.1 Å². The molecule has 3 aromatic rings. The van der Waals surface area contributed by atoms with Crippen LogP contribution >= 0.6 is 11.8 Å². The summed E-state index contributed by atoms with van der Waals surface area (Å²) in [5.41, 5.74) is 4.32. The minimum Gasteiger partial charge on any atom is -0.375 e. The van der Waals surface area contributed by atoms with Gasteiger partial charge in [-0.15, -0.1) is 5.10 Å². The van der Waals surface area contributed by atoms with Gasteiger partial charge >= 0.3 is 0 Å². The first-order valence-corrected chi connectivity index (χ1v) is 10.5. The van der Waals surface area contributed by atoms with Crippen LogP contribution in [0.25, 0.3) is 5.69 Å². The lowest BCUT2D eigenvalue weighted by molar-refractivity contribution is -0.118. The zero-order chi connectivity index (χ0) is 20.6. The molecule has 0 fully saturated rings. The van der Waals surface area contributed by atoms with Gasteiger partial charge in [0.05, 0.1) is 11.4 Å². The fourth-order valence-corrected chi connectivity index (χ4v) is 3.62. The van der Waals surface area contributed by atoms with Crippen molar-refractivity contribution < 1.29 is 4.79 Å². The number of anilines is 1. The number of carbonyl (C=O) groups excluding carboxylic acids is 1. The van der Waals surface area contributed by atoms with Crippen molar-refractivity contribution in [3.8, 4) is 5.69 Å². The van der Waals surface area contributed by atoms with Crippen LogP contribution < -0.4 is 10.2 Å². The van der Waals surface area contributed by atoms with E-state index in [1.54, 1.807) is 4.68 Å². The Morgan fingerprint density at radius 1 is 1.17 bits per heavy atom. The van der Waals surface area contributed by atoms with E-state index in [4.69, 9.17) is 0 Å². The van der Waals surface area contributed by atoms with Crippen molar-refractivity contribution in [2.75, 3.05) is 30.8 Å². The monoisotopic (exact) mass is 410 g/mol. The number of carbonyl (C=O) groups is 1.